The Morgan fingerprint density at radius 1 is 1.24 bits per heavy atom. The number of nitrogens with one attached hydrogen (secondary N) is 1. The van der Waals surface area contributed by atoms with Crippen LogP contribution in [0.2, 0.25) is 0 Å². The quantitative estimate of drug-likeness (QED) is 0.543. The van der Waals surface area contributed by atoms with Gasteiger partial charge in [-0.15, -0.1) is 0 Å². The van der Waals surface area contributed by atoms with Crippen LogP contribution >= 0.6 is 0 Å². The van der Waals surface area contributed by atoms with E-state index >= 15 is 0 Å². The van der Waals surface area contributed by atoms with E-state index in [4.69, 9.17) is 4.74 Å². The predicted octanol–water partition coefficient (Wildman–Crippen LogP) is 3.31. The highest BCUT2D eigenvalue weighted by Crippen LogP contribution is 2.29. The molecule has 0 atom stereocenters. The summed E-state index contributed by atoms with van der Waals surface area (Å²) in [4.78, 5) is 29.9. The third kappa shape index (κ3) is 4.82. The molecule has 1 N–H and O–H groups in total. The number of rotatable bonds is 8. The standard InChI is InChI=1S/C21H24N4O4/c26-21(23-13-16-5-8-20(22-12-16)29-14-15-3-4-15)18-11-17(25(27)28)6-7-19(18)24-9-1-2-10-24/h5-8,11-12,15H,1-4,9-10,13-14H2,(H,23,26). The van der Waals surface area contributed by atoms with E-state index in [1.54, 1.807) is 18.3 Å². The molecule has 1 aromatic carbocycles. The fraction of sp³-hybridized carbons (Fsp3) is 0.429. The van der Waals surface area contributed by atoms with E-state index in [0.29, 0.717) is 24.0 Å². The SMILES string of the molecule is O=C(NCc1ccc(OCC2CC2)nc1)c1cc([N+](=O)[O-])ccc1N1CCCC1. The van der Waals surface area contributed by atoms with Crippen LogP contribution < -0.4 is 15.0 Å². The first-order chi connectivity index (χ1) is 14.1. The Hall–Kier alpha value is -3.16. The Labute approximate surface area is 169 Å². The lowest BCUT2D eigenvalue weighted by atomic mass is 10.1. The first-order valence-electron chi connectivity index (χ1n) is 9.99. The molecular weight excluding hydrogens is 372 g/mol. The molecule has 0 bridgehead atoms. The maximum absolute atomic E-state index is 12.8. The van der Waals surface area contributed by atoms with Crippen LogP contribution in [-0.4, -0.2) is 35.5 Å². The van der Waals surface area contributed by atoms with Crippen molar-refractivity contribution in [2.75, 3.05) is 24.6 Å². The van der Waals surface area contributed by atoms with Crippen molar-refractivity contribution in [3.63, 3.8) is 0 Å². The van der Waals surface area contributed by atoms with Gasteiger partial charge in [-0.2, -0.15) is 0 Å². The molecule has 2 heterocycles. The zero-order valence-electron chi connectivity index (χ0n) is 16.2. The van der Waals surface area contributed by atoms with Crippen LogP contribution in [0.3, 0.4) is 0 Å². The Bertz CT molecular complexity index is 890. The van der Waals surface area contributed by atoms with Gasteiger partial charge in [-0.05, 0) is 43.2 Å². The predicted molar refractivity (Wildman–Crippen MR) is 108 cm³/mol. The number of nitro groups is 1. The molecule has 1 aliphatic heterocycles. The number of nitrogens with zero attached hydrogens (tertiary/aromatic N) is 3. The molecule has 8 heteroatoms. The summed E-state index contributed by atoms with van der Waals surface area (Å²) in [7, 11) is 0. The highest BCUT2D eigenvalue weighted by atomic mass is 16.6. The highest BCUT2D eigenvalue weighted by Gasteiger charge is 2.23. The summed E-state index contributed by atoms with van der Waals surface area (Å²) in [6, 6.07) is 8.15. The zero-order chi connectivity index (χ0) is 20.2. The summed E-state index contributed by atoms with van der Waals surface area (Å²) >= 11 is 0. The number of aromatic nitrogens is 1. The molecule has 1 saturated heterocycles. The zero-order valence-corrected chi connectivity index (χ0v) is 16.2. The molecule has 1 amide bonds. The molecule has 0 radical (unpaired) electrons. The van der Waals surface area contributed by atoms with Crippen molar-refractivity contribution in [3.8, 4) is 5.88 Å². The molecule has 4 rings (SSSR count). The van der Waals surface area contributed by atoms with Crippen molar-refractivity contribution in [1.82, 2.24) is 10.3 Å². The number of nitro benzene ring substituents is 1. The Morgan fingerprint density at radius 2 is 2.03 bits per heavy atom. The molecule has 8 nitrogen and oxygen atoms in total. The van der Waals surface area contributed by atoms with Gasteiger partial charge < -0.3 is 15.0 Å². The average molecular weight is 396 g/mol. The lowest BCUT2D eigenvalue weighted by molar-refractivity contribution is -0.384. The number of carbonyl (C=O) groups excluding carboxylic acids is 1. The molecule has 0 spiro atoms. The summed E-state index contributed by atoms with van der Waals surface area (Å²) < 4.78 is 5.62. The third-order valence-electron chi connectivity index (χ3n) is 5.30. The lowest BCUT2D eigenvalue weighted by Gasteiger charge is -2.20. The van der Waals surface area contributed by atoms with Crippen molar-refractivity contribution < 1.29 is 14.5 Å². The Balaban J connectivity index is 1.42. The van der Waals surface area contributed by atoms with Crippen LogP contribution in [0.15, 0.2) is 36.5 Å². The molecule has 1 aromatic heterocycles. The van der Waals surface area contributed by atoms with E-state index in [-0.39, 0.29) is 18.1 Å². The van der Waals surface area contributed by atoms with Crippen LogP contribution in [-0.2, 0) is 6.54 Å². The van der Waals surface area contributed by atoms with Crippen molar-refractivity contribution in [1.29, 1.82) is 0 Å². The lowest BCUT2D eigenvalue weighted by Crippen LogP contribution is -2.27. The van der Waals surface area contributed by atoms with Gasteiger partial charge in [0.15, 0.2) is 0 Å². The summed E-state index contributed by atoms with van der Waals surface area (Å²) in [5, 5.41) is 14.0. The maximum atomic E-state index is 12.8. The highest BCUT2D eigenvalue weighted by molar-refractivity contribution is 6.00. The summed E-state index contributed by atoms with van der Waals surface area (Å²) in [5.74, 6) is 0.919. The monoisotopic (exact) mass is 396 g/mol. The molecule has 1 aliphatic carbocycles. The second kappa shape index (κ2) is 8.46. The molecule has 29 heavy (non-hydrogen) atoms. The average Bonchev–Trinajstić information content (AvgIpc) is 3.41. The third-order valence-corrected chi connectivity index (χ3v) is 5.30. The number of amides is 1. The molecule has 152 valence electrons. The molecule has 2 aliphatic rings. The van der Waals surface area contributed by atoms with Gasteiger partial charge in [-0.25, -0.2) is 4.98 Å². The fourth-order valence-electron chi connectivity index (χ4n) is 3.42. The van der Waals surface area contributed by atoms with Crippen LogP contribution in [0.25, 0.3) is 0 Å². The largest absolute Gasteiger partial charge is 0.477 e. The van der Waals surface area contributed by atoms with E-state index in [9.17, 15) is 14.9 Å². The van der Waals surface area contributed by atoms with Crippen LogP contribution in [0.5, 0.6) is 5.88 Å². The minimum atomic E-state index is -0.477. The van der Waals surface area contributed by atoms with E-state index < -0.39 is 4.92 Å². The topological polar surface area (TPSA) is 97.6 Å². The van der Waals surface area contributed by atoms with Gasteiger partial charge in [0.05, 0.1) is 22.8 Å². The Kier molecular flexibility index (Phi) is 5.59. The first kappa shape index (κ1) is 19.2. The van der Waals surface area contributed by atoms with E-state index in [1.807, 2.05) is 6.07 Å². The van der Waals surface area contributed by atoms with Crippen molar-refractivity contribution in [3.05, 3.63) is 57.8 Å². The summed E-state index contributed by atoms with van der Waals surface area (Å²) in [6.07, 6.45) is 6.23. The van der Waals surface area contributed by atoms with Gasteiger partial charge in [0.2, 0.25) is 5.88 Å². The van der Waals surface area contributed by atoms with Gasteiger partial charge in [-0.3, -0.25) is 14.9 Å². The molecule has 2 fully saturated rings. The Morgan fingerprint density at radius 3 is 2.69 bits per heavy atom. The van der Waals surface area contributed by atoms with E-state index in [2.05, 4.69) is 15.2 Å². The molecular formula is C21H24N4O4. The first-order valence-corrected chi connectivity index (χ1v) is 9.99. The minimum absolute atomic E-state index is 0.0862. The van der Waals surface area contributed by atoms with Crippen molar-refractivity contribution in [2.45, 2.75) is 32.2 Å². The van der Waals surface area contributed by atoms with Gasteiger partial charge in [0, 0.05) is 44.0 Å². The number of hydrogen-bond donors (Lipinski definition) is 1. The minimum Gasteiger partial charge on any atom is -0.477 e. The summed E-state index contributed by atoms with van der Waals surface area (Å²) in [5.41, 5.74) is 1.83. The number of benzene rings is 1. The number of hydrogen-bond acceptors (Lipinski definition) is 6. The molecule has 2 aromatic rings. The normalized spacial score (nSPS) is 15.9. The number of carbonyl (C=O) groups is 1. The number of ether oxygens (including phenoxy) is 1. The second-order valence-corrected chi connectivity index (χ2v) is 7.59. The van der Waals surface area contributed by atoms with Gasteiger partial charge in [-0.1, -0.05) is 6.07 Å². The number of non-ortho nitro benzene ring substituents is 1. The fourth-order valence-corrected chi connectivity index (χ4v) is 3.42. The molecule has 0 unspecified atom stereocenters. The van der Waals surface area contributed by atoms with Crippen LogP contribution in [0, 0.1) is 16.0 Å². The van der Waals surface area contributed by atoms with E-state index in [1.165, 1.54) is 25.0 Å². The maximum Gasteiger partial charge on any atom is 0.270 e. The second-order valence-electron chi connectivity index (χ2n) is 7.59. The smallest absolute Gasteiger partial charge is 0.270 e. The van der Waals surface area contributed by atoms with Crippen molar-refractivity contribution in [2.24, 2.45) is 5.92 Å². The van der Waals surface area contributed by atoms with Crippen molar-refractivity contribution >= 4 is 17.3 Å². The summed E-state index contributed by atoms with van der Waals surface area (Å²) in [6.45, 7) is 2.70. The van der Waals surface area contributed by atoms with Gasteiger partial charge >= 0.3 is 0 Å². The number of pyridine rings is 1. The molecule has 1 saturated carbocycles. The number of anilines is 1. The van der Waals surface area contributed by atoms with E-state index in [0.717, 1.165) is 37.2 Å². The van der Waals surface area contributed by atoms with Gasteiger partial charge in [0.1, 0.15) is 0 Å². The van der Waals surface area contributed by atoms with Crippen LogP contribution in [0.1, 0.15) is 41.6 Å². The van der Waals surface area contributed by atoms with Crippen LogP contribution in [0.4, 0.5) is 11.4 Å². The van der Waals surface area contributed by atoms with Gasteiger partial charge in [0.25, 0.3) is 11.6 Å².